The summed E-state index contributed by atoms with van der Waals surface area (Å²) in [4.78, 5) is 19.0. The van der Waals surface area contributed by atoms with Gasteiger partial charge in [0, 0.05) is 5.75 Å². The van der Waals surface area contributed by atoms with Crippen LogP contribution < -0.4 is 4.90 Å². The predicted octanol–water partition coefficient (Wildman–Crippen LogP) is 5.64. The van der Waals surface area contributed by atoms with E-state index in [-0.39, 0.29) is 17.5 Å². The van der Waals surface area contributed by atoms with Crippen LogP contribution in [0.5, 0.6) is 0 Å². The Morgan fingerprint density at radius 2 is 1.48 bits per heavy atom. The summed E-state index contributed by atoms with van der Waals surface area (Å²) in [6.07, 6.45) is 1.73. The standard InChI is InChI=1S/C23H16F2N2OS/c24-18-8-6-17(7-9-18)15-29-23-26-21(14-16-4-2-1-3-5-16)22(28)27(23)20-12-10-19(25)11-13-20/h1-14H,15H2/b21-14-. The first-order valence-corrected chi connectivity index (χ1v) is 9.91. The minimum absolute atomic E-state index is 0.276. The number of rotatable bonds is 4. The molecule has 144 valence electrons. The first kappa shape index (κ1) is 19.1. The molecule has 3 aromatic carbocycles. The number of carbonyl (C=O) groups is 1. The lowest BCUT2D eigenvalue weighted by Crippen LogP contribution is -2.30. The zero-order valence-electron chi connectivity index (χ0n) is 15.3. The van der Waals surface area contributed by atoms with E-state index in [1.807, 2.05) is 30.3 Å². The highest BCUT2D eigenvalue weighted by Gasteiger charge is 2.32. The van der Waals surface area contributed by atoms with E-state index < -0.39 is 0 Å². The number of hydrogen-bond acceptors (Lipinski definition) is 3. The van der Waals surface area contributed by atoms with Crippen molar-refractivity contribution in [3.63, 3.8) is 0 Å². The van der Waals surface area contributed by atoms with E-state index in [0.717, 1.165) is 11.1 Å². The van der Waals surface area contributed by atoms with Crippen LogP contribution in [0.4, 0.5) is 14.5 Å². The van der Waals surface area contributed by atoms with Crippen molar-refractivity contribution in [2.45, 2.75) is 5.75 Å². The zero-order chi connectivity index (χ0) is 20.2. The van der Waals surface area contributed by atoms with E-state index in [1.54, 1.807) is 30.3 Å². The molecule has 0 spiro atoms. The van der Waals surface area contributed by atoms with Crippen LogP contribution in [0.2, 0.25) is 0 Å². The second-order valence-corrected chi connectivity index (χ2v) is 7.31. The van der Waals surface area contributed by atoms with Crippen molar-refractivity contribution in [1.29, 1.82) is 0 Å². The number of benzene rings is 3. The van der Waals surface area contributed by atoms with Gasteiger partial charge < -0.3 is 0 Å². The van der Waals surface area contributed by atoms with Crippen LogP contribution >= 0.6 is 11.8 Å². The van der Waals surface area contributed by atoms with Crippen LogP contribution in [0.1, 0.15) is 11.1 Å². The number of anilines is 1. The molecule has 0 N–H and O–H groups in total. The molecule has 0 aliphatic carbocycles. The molecule has 0 atom stereocenters. The molecule has 1 heterocycles. The van der Waals surface area contributed by atoms with Gasteiger partial charge in [-0.3, -0.25) is 9.69 Å². The number of thioether (sulfide) groups is 1. The molecule has 0 saturated heterocycles. The van der Waals surface area contributed by atoms with Gasteiger partial charge in [-0.2, -0.15) is 0 Å². The van der Waals surface area contributed by atoms with E-state index in [9.17, 15) is 13.6 Å². The number of amides is 1. The summed E-state index contributed by atoms with van der Waals surface area (Å²) in [5, 5.41) is 0.494. The van der Waals surface area contributed by atoms with Gasteiger partial charge in [0.25, 0.3) is 5.91 Å². The van der Waals surface area contributed by atoms with Crippen molar-refractivity contribution in [2.75, 3.05) is 4.90 Å². The molecule has 0 saturated carbocycles. The van der Waals surface area contributed by atoms with Crippen LogP contribution in [-0.2, 0) is 10.5 Å². The Morgan fingerprint density at radius 3 is 2.14 bits per heavy atom. The third-order valence-corrected chi connectivity index (χ3v) is 5.31. The molecule has 4 rings (SSSR count). The summed E-state index contributed by atoms with van der Waals surface area (Å²) in [6, 6.07) is 21.4. The highest BCUT2D eigenvalue weighted by atomic mass is 32.2. The van der Waals surface area contributed by atoms with E-state index in [0.29, 0.717) is 22.3 Å². The SMILES string of the molecule is O=C1/C(=C/c2ccccc2)N=C(SCc2ccc(F)cc2)N1c1ccc(F)cc1. The molecule has 1 aliphatic rings. The fraction of sp³-hybridized carbons (Fsp3) is 0.0435. The fourth-order valence-electron chi connectivity index (χ4n) is 2.85. The molecule has 6 heteroatoms. The van der Waals surface area contributed by atoms with Crippen LogP contribution in [0.25, 0.3) is 6.08 Å². The van der Waals surface area contributed by atoms with Crippen molar-refractivity contribution < 1.29 is 13.6 Å². The Labute approximate surface area is 171 Å². The third kappa shape index (κ3) is 4.43. The van der Waals surface area contributed by atoms with Gasteiger partial charge in [0.05, 0.1) is 5.69 Å². The molecule has 3 aromatic rings. The smallest absolute Gasteiger partial charge is 0.266 e. The Morgan fingerprint density at radius 1 is 0.862 bits per heavy atom. The van der Waals surface area contributed by atoms with Crippen molar-refractivity contribution in [1.82, 2.24) is 0 Å². The Hall–Kier alpha value is -3.25. The van der Waals surface area contributed by atoms with Crippen LogP contribution in [0, 0.1) is 11.6 Å². The molecule has 0 unspecified atom stereocenters. The lowest BCUT2D eigenvalue weighted by Gasteiger charge is -2.17. The van der Waals surface area contributed by atoms with E-state index in [1.165, 1.54) is 40.9 Å². The second kappa shape index (κ2) is 8.41. The Bertz CT molecular complexity index is 1080. The third-order valence-electron chi connectivity index (χ3n) is 4.30. The number of halogens is 2. The first-order chi connectivity index (χ1) is 14.1. The van der Waals surface area contributed by atoms with Crippen LogP contribution in [-0.4, -0.2) is 11.1 Å². The maximum atomic E-state index is 13.4. The minimum atomic E-state index is -0.377. The number of carbonyl (C=O) groups excluding carboxylic acids is 1. The fourth-order valence-corrected chi connectivity index (χ4v) is 3.82. The molecule has 3 nitrogen and oxygen atoms in total. The Kier molecular flexibility index (Phi) is 5.53. The van der Waals surface area contributed by atoms with Gasteiger partial charge in [-0.25, -0.2) is 13.8 Å². The normalized spacial score (nSPS) is 15.1. The summed E-state index contributed by atoms with van der Waals surface area (Å²) < 4.78 is 26.5. The van der Waals surface area contributed by atoms with Gasteiger partial charge in [-0.05, 0) is 53.6 Å². The van der Waals surface area contributed by atoms with Crippen molar-refractivity contribution in [3.05, 3.63) is 107 Å². The highest BCUT2D eigenvalue weighted by Crippen LogP contribution is 2.31. The summed E-state index contributed by atoms with van der Waals surface area (Å²) in [5.74, 6) is -0.434. The van der Waals surface area contributed by atoms with Gasteiger partial charge in [0.2, 0.25) is 0 Å². The summed E-state index contributed by atoms with van der Waals surface area (Å²) in [6.45, 7) is 0. The van der Waals surface area contributed by atoms with Gasteiger partial charge >= 0.3 is 0 Å². The molecule has 29 heavy (non-hydrogen) atoms. The number of hydrogen-bond donors (Lipinski definition) is 0. The lowest BCUT2D eigenvalue weighted by atomic mass is 10.2. The summed E-state index contributed by atoms with van der Waals surface area (Å²) in [7, 11) is 0. The maximum Gasteiger partial charge on any atom is 0.283 e. The van der Waals surface area contributed by atoms with Crippen molar-refractivity contribution in [2.24, 2.45) is 4.99 Å². The molecule has 1 amide bonds. The average Bonchev–Trinajstić information content (AvgIpc) is 3.04. The molecule has 0 radical (unpaired) electrons. The van der Waals surface area contributed by atoms with Crippen LogP contribution in [0.15, 0.2) is 89.6 Å². The quantitative estimate of drug-likeness (QED) is 0.525. The molecule has 0 aromatic heterocycles. The van der Waals surface area contributed by atoms with E-state index >= 15 is 0 Å². The molecule has 1 aliphatic heterocycles. The second-order valence-electron chi connectivity index (χ2n) is 6.37. The molecular formula is C23H16F2N2OS. The Balaban J connectivity index is 1.65. The summed E-state index contributed by atoms with van der Waals surface area (Å²) >= 11 is 1.37. The largest absolute Gasteiger partial charge is 0.283 e. The van der Waals surface area contributed by atoms with Crippen molar-refractivity contribution >= 4 is 34.6 Å². The topological polar surface area (TPSA) is 32.7 Å². The zero-order valence-corrected chi connectivity index (χ0v) is 16.1. The minimum Gasteiger partial charge on any atom is -0.266 e. The van der Waals surface area contributed by atoms with Gasteiger partial charge in [-0.1, -0.05) is 54.2 Å². The van der Waals surface area contributed by atoms with Crippen molar-refractivity contribution in [3.8, 4) is 0 Å². The van der Waals surface area contributed by atoms with Crippen LogP contribution in [0.3, 0.4) is 0 Å². The average molecular weight is 406 g/mol. The first-order valence-electron chi connectivity index (χ1n) is 8.93. The molecule has 0 bridgehead atoms. The van der Waals surface area contributed by atoms with E-state index in [4.69, 9.17) is 0 Å². The lowest BCUT2D eigenvalue weighted by molar-refractivity contribution is -0.113. The van der Waals surface area contributed by atoms with E-state index in [2.05, 4.69) is 4.99 Å². The highest BCUT2D eigenvalue weighted by molar-refractivity contribution is 8.13. The van der Waals surface area contributed by atoms with Gasteiger partial charge in [-0.15, -0.1) is 0 Å². The predicted molar refractivity (Wildman–Crippen MR) is 113 cm³/mol. The monoisotopic (exact) mass is 406 g/mol. The van der Waals surface area contributed by atoms with Gasteiger partial charge in [0.15, 0.2) is 5.17 Å². The molecular weight excluding hydrogens is 390 g/mol. The van der Waals surface area contributed by atoms with Gasteiger partial charge in [0.1, 0.15) is 17.3 Å². The molecule has 0 fully saturated rings. The number of aliphatic imine (C=N–C) groups is 1. The number of nitrogens with zero attached hydrogens (tertiary/aromatic N) is 2. The summed E-state index contributed by atoms with van der Waals surface area (Å²) in [5.41, 5.74) is 2.62. The number of amidine groups is 1. The maximum absolute atomic E-state index is 13.4.